The molecule has 1 aromatic carbocycles. The first-order valence-corrected chi connectivity index (χ1v) is 13.1. The summed E-state index contributed by atoms with van der Waals surface area (Å²) in [5, 5.41) is 11.1. The molecule has 196 valence electrons. The van der Waals surface area contributed by atoms with Crippen molar-refractivity contribution in [1.82, 2.24) is 19.4 Å². The van der Waals surface area contributed by atoms with Gasteiger partial charge in [-0.15, -0.1) is 0 Å². The fourth-order valence-corrected chi connectivity index (χ4v) is 6.10. The SMILES string of the molecule is NC(=O)[C@@H]1[C@H](O)CCN1CC1CC(n2cc(-c3ccc(N)c(OCC4CCCO4)c3)c3cncnc32)C1. The van der Waals surface area contributed by atoms with E-state index in [0.29, 0.717) is 43.0 Å². The fraction of sp³-hybridized carbons (Fsp3) is 0.519. The van der Waals surface area contributed by atoms with E-state index in [1.54, 1.807) is 6.33 Å². The van der Waals surface area contributed by atoms with Gasteiger partial charge >= 0.3 is 0 Å². The Labute approximate surface area is 215 Å². The van der Waals surface area contributed by atoms with Gasteiger partial charge in [0.15, 0.2) is 0 Å². The number of aliphatic hydroxyl groups is 1. The maximum absolute atomic E-state index is 11.8. The lowest BCUT2D eigenvalue weighted by molar-refractivity contribution is -0.125. The van der Waals surface area contributed by atoms with Crippen LogP contribution in [0.5, 0.6) is 5.75 Å². The maximum atomic E-state index is 11.8. The molecule has 1 unspecified atom stereocenters. The Morgan fingerprint density at radius 1 is 1.27 bits per heavy atom. The highest BCUT2D eigenvalue weighted by Gasteiger charge is 2.41. The molecule has 1 saturated carbocycles. The molecule has 0 bridgehead atoms. The third-order valence-corrected chi connectivity index (χ3v) is 8.13. The van der Waals surface area contributed by atoms with Gasteiger partial charge in [0.25, 0.3) is 0 Å². The number of hydrogen-bond donors (Lipinski definition) is 3. The van der Waals surface area contributed by atoms with E-state index in [1.807, 2.05) is 29.3 Å². The first-order valence-electron chi connectivity index (χ1n) is 13.1. The van der Waals surface area contributed by atoms with Crippen molar-refractivity contribution in [3.8, 4) is 16.9 Å². The molecule has 37 heavy (non-hydrogen) atoms. The zero-order valence-corrected chi connectivity index (χ0v) is 20.8. The fourth-order valence-electron chi connectivity index (χ4n) is 6.10. The van der Waals surface area contributed by atoms with Gasteiger partial charge in [-0.2, -0.15) is 0 Å². The molecular weight excluding hydrogens is 472 g/mol. The Kier molecular flexibility index (Phi) is 6.48. The number of ether oxygens (including phenoxy) is 2. The number of rotatable bonds is 8. The van der Waals surface area contributed by atoms with Gasteiger partial charge in [-0.25, -0.2) is 9.97 Å². The lowest BCUT2D eigenvalue weighted by Crippen LogP contribution is -2.48. The molecule has 1 aliphatic carbocycles. The lowest BCUT2D eigenvalue weighted by atomic mass is 9.79. The molecule has 3 aromatic rings. The van der Waals surface area contributed by atoms with Crippen LogP contribution in [0.15, 0.2) is 36.9 Å². The Morgan fingerprint density at radius 3 is 2.92 bits per heavy atom. The molecule has 1 amide bonds. The summed E-state index contributed by atoms with van der Waals surface area (Å²) in [4.78, 5) is 22.8. The summed E-state index contributed by atoms with van der Waals surface area (Å²) in [6, 6.07) is 5.61. The standard InChI is InChI=1S/C27H34N6O4/c28-22-4-3-17(10-24(22)37-14-19-2-1-7-36-19)21-13-33(27-20(21)11-30-15-31-27)18-8-16(9-18)12-32-6-5-23(34)25(32)26(29)35/h3-4,10-11,13,15-16,18-19,23,25,34H,1-2,5-9,12,14,28H2,(H2,29,35)/t16?,18?,19?,23-,25+/m1/s1. The van der Waals surface area contributed by atoms with E-state index in [0.717, 1.165) is 61.0 Å². The molecule has 3 atom stereocenters. The molecule has 2 aliphatic heterocycles. The Balaban J connectivity index is 1.20. The first-order chi connectivity index (χ1) is 18.0. The third kappa shape index (κ3) is 4.65. The summed E-state index contributed by atoms with van der Waals surface area (Å²) in [5.74, 6) is 0.654. The summed E-state index contributed by atoms with van der Waals surface area (Å²) >= 11 is 0. The number of carbonyl (C=O) groups is 1. The largest absolute Gasteiger partial charge is 0.489 e. The monoisotopic (exact) mass is 506 g/mol. The van der Waals surface area contributed by atoms with Gasteiger partial charge in [-0.1, -0.05) is 6.07 Å². The number of nitrogens with two attached hydrogens (primary N) is 2. The number of amides is 1. The number of aliphatic hydroxyl groups excluding tert-OH is 1. The second kappa shape index (κ2) is 9.92. The summed E-state index contributed by atoms with van der Waals surface area (Å²) in [7, 11) is 0. The first kappa shape index (κ1) is 24.1. The zero-order chi connectivity index (χ0) is 25.5. The van der Waals surface area contributed by atoms with Gasteiger partial charge in [-0.3, -0.25) is 9.69 Å². The van der Waals surface area contributed by atoms with Gasteiger partial charge < -0.3 is 30.6 Å². The molecule has 2 aromatic heterocycles. The summed E-state index contributed by atoms with van der Waals surface area (Å²) in [6.45, 7) is 2.75. The van der Waals surface area contributed by atoms with Crippen LogP contribution in [0.2, 0.25) is 0 Å². The molecule has 4 heterocycles. The lowest BCUT2D eigenvalue weighted by Gasteiger charge is -2.39. The number of aromatic nitrogens is 3. The van der Waals surface area contributed by atoms with E-state index in [-0.39, 0.29) is 6.10 Å². The number of primary amides is 1. The van der Waals surface area contributed by atoms with Crippen molar-refractivity contribution in [2.75, 3.05) is 32.0 Å². The predicted octanol–water partition coefficient (Wildman–Crippen LogP) is 2.11. The van der Waals surface area contributed by atoms with Gasteiger partial charge in [-0.05, 0) is 55.7 Å². The van der Waals surface area contributed by atoms with Gasteiger partial charge in [0, 0.05) is 49.1 Å². The quantitative estimate of drug-likeness (QED) is 0.395. The van der Waals surface area contributed by atoms with Crippen molar-refractivity contribution in [3.05, 3.63) is 36.9 Å². The predicted molar refractivity (Wildman–Crippen MR) is 139 cm³/mol. The van der Waals surface area contributed by atoms with Crippen molar-refractivity contribution in [3.63, 3.8) is 0 Å². The molecular formula is C27H34N6O4. The van der Waals surface area contributed by atoms with E-state index < -0.39 is 18.1 Å². The van der Waals surface area contributed by atoms with Crippen molar-refractivity contribution in [1.29, 1.82) is 0 Å². The van der Waals surface area contributed by atoms with Crippen molar-refractivity contribution < 1.29 is 19.4 Å². The van der Waals surface area contributed by atoms with Crippen LogP contribution in [0.25, 0.3) is 22.2 Å². The van der Waals surface area contributed by atoms with E-state index in [2.05, 4.69) is 20.7 Å². The summed E-state index contributed by atoms with van der Waals surface area (Å²) in [6.07, 6.45) is 9.66. The maximum Gasteiger partial charge on any atom is 0.237 e. The van der Waals surface area contributed by atoms with Crippen LogP contribution in [0.3, 0.4) is 0 Å². The number of likely N-dealkylation sites (tertiary alicyclic amines) is 1. The van der Waals surface area contributed by atoms with Crippen molar-refractivity contribution in [2.45, 2.75) is 56.4 Å². The van der Waals surface area contributed by atoms with E-state index >= 15 is 0 Å². The number of hydrogen-bond acceptors (Lipinski definition) is 8. The molecule has 0 radical (unpaired) electrons. The van der Waals surface area contributed by atoms with Gasteiger partial charge in [0.05, 0.1) is 17.9 Å². The highest BCUT2D eigenvalue weighted by Crippen LogP contribution is 2.43. The van der Waals surface area contributed by atoms with Crippen molar-refractivity contribution in [2.24, 2.45) is 11.7 Å². The van der Waals surface area contributed by atoms with E-state index in [1.165, 1.54) is 0 Å². The molecule has 3 aliphatic rings. The van der Waals surface area contributed by atoms with Crippen LogP contribution in [0, 0.1) is 5.92 Å². The van der Waals surface area contributed by atoms with E-state index in [4.69, 9.17) is 20.9 Å². The molecule has 0 spiro atoms. The number of fused-ring (bicyclic) bond motifs is 1. The van der Waals surface area contributed by atoms with Gasteiger partial charge in [0.1, 0.15) is 30.4 Å². The number of carbonyl (C=O) groups excluding carboxylic acids is 1. The molecule has 6 rings (SSSR count). The van der Waals surface area contributed by atoms with Crippen LogP contribution in [0.4, 0.5) is 5.69 Å². The summed E-state index contributed by atoms with van der Waals surface area (Å²) < 4.78 is 14.0. The van der Waals surface area contributed by atoms with Crippen LogP contribution < -0.4 is 16.2 Å². The molecule has 5 N–H and O–H groups in total. The minimum Gasteiger partial charge on any atom is -0.489 e. The number of benzene rings is 1. The second-order valence-corrected chi connectivity index (χ2v) is 10.6. The highest BCUT2D eigenvalue weighted by molar-refractivity contribution is 5.94. The Bertz CT molecular complexity index is 1280. The van der Waals surface area contributed by atoms with Crippen LogP contribution in [-0.2, 0) is 9.53 Å². The van der Waals surface area contributed by atoms with E-state index in [9.17, 15) is 9.90 Å². The molecule has 10 heteroatoms. The van der Waals surface area contributed by atoms with Gasteiger partial charge in [0.2, 0.25) is 5.91 Å². The number of nitrogen functional groups attached to an aromatic ring is 1. The average molecular weight is 507 g/mol. The van der Waals surface area contributed by atoms with Crippen molar-refractivity contribution >= 4 is 22.6 Å². The zero-order valence-electron chi connectivity index (χ0n) is 20.8. The topological polar surface area (TPSA) is 142 Å². The number of anilines is 1. The molecule has 3 fully saturated rings. The minimum atomic E-state index is -0.666. The molecule has 2 saturated heterocycles. The summed E-state index contributed by atoms with van der Waals surface area (Å²) in [5.41, 5.74) is 15.3. The third-order valence-electron chi connectivity index (χ3n) is 8.13. The average Bonchev–Trinajstić information content (AvgIpc) is 3.60. The Hall–Kier alpha value is -3.21. The minimum absolute atomic E-state index is 0.118. The molecule has 10 nitrogen and oxygen atoms in total. The van der Waals surface area contributed by atoms with Crippen LogP contribution in [-0.4, -0.2) is 75.0 Å². The second-order valence-electron chi connectivity index (χ2n) is 10.6. The van der Waals surface area contributed by atoms with Crippen LogP contribution in [0.1, 0.15) is 38.1 Å². The normalized spacial score (nSPS) is 28.0. The Morgan fingerprint density at radius 2 is 2.14 bits per heavy atom. The smallest absolute Gasteiger partial charge is 0.237 e. The number of nitrogens with zero attached hydrogens (tertiary/aromatic N) is 4. The van der Waals surface area contributed by atoms with Crippen LogP contribution >= 0.6 is 0 Å². The highest BCUT2D eigenvalue weighted by atomic mass is 16.5.